The number of para-hydroxylation sites is 1. The van der Waals surface area contributed by atoms with Crippen molar-refractivity contribution in [3.8, 4) is 0 Å². The van der Waals surface area contributed by atoms with Crippen LogP contribution in [0.25, 0.3) is 0 Å². The van der Waals surface area contributed by atoms with E-state index in [9.17, 15) is 9.59 Å². The zero-order valence-corrected chi connectivity index (χ0v) is 16.5. The Balaban J connectivity index is 1.46. The van der Waals surface area contributed by atoms with Crippen LogP contribution in [0.4, 0.5) is 5.69 Å². The van der Waals surface area contributed by atoms with Crippen LogP contribution in [0.2, 0.25) is 0 Å². The van der Waals surface area contributed by atoms with Gasteiger partial charge in [0.05, 0.1) is 5.75 Å². The molecule has 0 aromatic heterocycles. The molecule has 1 aliphatic heterocycles. The first-order valence-electron chi connectivity index (χ1n) is 9.46. The molecule has 1 atom stereocenters. The van der Waals surface area contributed by atoms with Crippen molar-refractivity contribution in [2.24, 2.45) is 0 Å². The van der Waals surface area contributed by atoms with Gasteiger partial charge in [-0.15, -0.1) is 11.8 Å². The Labute approximate surface area is 165 Å². The third kappa shape index (κ3) is 5.60. The summed E-state index contributed by atoms with van der Waals surface area (Å²) >= 11 is 1.64. The highest BCUT2D eigenvalue weighted by molar-refractivity contribution is 7.99. The van der Waals surface area contributed by atoms with Crippen molar-refractivity contribution in [1.82, 2.24) is 4.90 Å². The van der Waals surface area contributed by atoms with Crippen molar-refractivity contribution in [1.29, 1.82) is 0 Å². The van der Waals surface area contributed by atoms with E-state index in [0.717, 1.165) is 36.4 Å². The average Bonchev–Trinajstić information content (AvgIpc) is 2.69. The van der Waals surface area contributed by atoms with E-state index < -0.39 is 0 Å². The maximum Gasteiger partial charge on any atom is 0.255 e. The van der Waals surface area contributed by atoms with Crippen LogP contribution in [0.5, 0.6) is 0 Å². The predicted molar refractivity (Wildman–Crippen MR) is 112 cm³/mol. The van der Waals surface area contributed by atoms with Crippen molar-refractivity contribution >= 4 is 29.3 Å². The topological polar surface area (TPSA) is 49.4 Å². The number of rotatable bonds is 6. The number of hydrogen-bond donors (Lipinski definition) is 1. The Hall–Kier alpha value is -2.27. The van der Waals surface area contributed by atoms with Crippen LogP contribution in [0.15, 0.2) is 54.6 Å². The molecule has 0 bridgehead atoms. The number of benzene rings is 2. The van der Waals surface area contributed by atoms with Gasteiger partial charge in [0, 0.05) is 29.6 Å². The van der Waals surface area contributed by atoms with Gasteiger partial charge < -0.3 is 10.2 Å². The summed E-state index contributed by atoms with van der Waals surface area (Å²) < 4.78 is 0. The summed E-state index contributed by atoms with van der Waals surface area (Å²) in [4.78, 5) is 26.7. The maximum atomic E-state index is 12.4. The molecule has 27 heavy (non-hydrogen) atoms. The molecule has 0 spiro atoms. The molecule has 2 amide bonds. The first kappa shape index (κ1) is 19.5. The molecule has 2 aromatic rings. The van der Waals surface area contributed by atoms with Crippen LogP contribution in [0, 0.1) is 0 Å². The normalized spacial score (nSPS) is 16.8. The van der Waals surface area contributed by atoms with Crippen LogP contribution in [-0.2, 0) is 10.5 Å². The van der Waals surface area contributed by atoms with Crippen molar-refractivity contribution in [3.63, 3.8) is 0 Å². The molecular weight excluding hydrogens is 356 g/mol. The van der Waals surface area contributed by atoms with Gasteiger partial charge in [-0.25, -0.2) is 0 Å². The first-order chi connectivity index (χ1) is 13.1. The van der Waals surface area contributed by atoms with Gasteiger partial charge >= 0.3 is 0 Å². The molecule has 1 N–H and O–H groups in total. The third-order valence-corrected chi connectivity index (χ3v) is 5.85. The number of nitrogens with one attached hydrogen (secondary N) is 1. The maximum absolute atomic E-state index is 12.4. The first-order valence-corrected chi connectivity index (χ1v) is 10.6. The molecule has 4 nitrogen and oxygen atoms in total. The van der Waals surface area contributed by atoms with Gasteiger partial charge in [0.25, 0.3) is 5.91 Å². The Morgan fingerprint density at radius 3 is 2.52 bits per heavy atom. The number of piperidine rings is 1. The molecule has 0 aliphatic carbocycles. The van der Waals surface area contributed by atoms with Crippen LogP contribution >= 0.6 is 11.8 Å². The molecule has 1 fully saturated rings. The van der Waals surface area contributed by atoms with Crippen molar-refractivity contribution in [2.75, 3.05) is 17.6 Å². The van der Waals surface area contributed by atoms with Crippen LogP contribution < -0.4 is 5.32 Å². The summed E-state index contributed by atoms with van der Waals surface area (Å²) in [5.74, 6) is 1.41. The van der Waals surface area contributed by atoms with Gasteiger partial charge in [-0.3, -0.25) is 9.59 Å². The lowest BCUT2D eigenvalue weighted by atomic mass is 10.0. The summed E-state index contributed by atoms with van der Waals surface area (Å²) in [6.45, 7) is 3.03. The van der Waals surface area contributed by atoms with Gasteiger partial charge in [-0.05, 0) is 56.0 Å². The monoisotopic (exact) mass is 382 g/mol. The van der Waals surface area contributed by atoms with Crippen LogP contribution in [0.3, 0.4) is 0 Å². The van der Waals surface area contributed by atoms with E-state index in [0.29, 0.717) is 17.4 Å². The fraction of sp³-hybridized carbons (Fsp3) is 0.364. The van der Waals surface area contributed by atoms with Crippen molar-refractivity contribution in [2.45, 2.75) is 38.0 Å². The Bertz CT molecular complexity index is 762. The smallest absolute Gasteiger partial charge is 0.255 e. The largest absolute Gasteiger partial charge is 0.339 e. The minimum Gasteiger partial charge on any atom is -0.339 e. The minimum atomic E-state index is -0.116. The zero-order valence-electron chi connectivity index (χ0n) is 15.7. The number of anilines is 1. The molecule has 142 valence electrons. The molecule has 5 heteroatoms. The lowest BCUT2D eigenvalue weighted by Crippen LogP contribution is -2.42. The number of nitrogens with zero attached hydrogens (tertiary/aromatic N) is 1. The van der Waals surface area contributed by atoms with E-state index in [1.165, 1.54) is 6.42 Å². The third-order valence-electron chi connectivity index (χ3n) is 4.87. The van der Waals surface area contributed by atoms with Gasteiger partial charge in [-0.1, -0.05) is 30.3 Å². The molecule has 0 radical (unpaired) electrons. The molecule has 1 heterocycles. The van der Waals surface area contributed by atoms with E-state index in [2.05, 4.69) is 12.2 Å². The van der Waals surface area contributed by atoms with Gasteiger partial charge in [0.2, 0.25) is 5.91 Å². The highest BCUT2D eigenvalue weighted by atomic mass is 32.2. The van der Waals surface area contributed by atoms with Gasteiger partial charge in [0.1, 0.15) is 0 Å². The number of carbonyl (C=O) groups is 2. The number of thioether (sulfide) groups is 1. The summed E-state index contributed by atoms with van der Waals surface area (Å²) in [5, 5.41) is 2.88. The van der Waals surface area contributed by atoms with E-state index >= 15 is 0 Å². The average molecular weight is 383 g/mol. The van der Waals surface area contributed by atoms with Crippen LogP contribution in [-0.4, -0.2) is 35.1 Å². The SMILES string of the molecule is C[C@@H]1CCCCN1C(=O)CSCc1ccc(C(=O)Nc2ccccc2)cc1. The number of hydrogen-bond acceptors (Lipinski definition) is 3. The minimum absolute atomic E-state index is 0.116. The van der Waals surface area contributed by atoms with Gasteiger partial charge in [0.15, 0.2) is 0 Å². The van der Waals surface area contributed by atoms with Crippen LogP contribution in [0.1, 0.15) is 42.1 Å². The second-order valence-corrected chi connectivity index (χ2v) is 7.93. The number of likely N-dealkylation sites (tertiary alicyclic amines) is 1. The molecule has 2 aromatic carbocycles. The number of amides is 2. The van der Waals surface area contributed by atoms with Crippen molar-refractivity contribution in [3.05, 3.63) is 65.7 Å². The fourth-order valence-corrected chi connectivity index (χ4v) is 4.16. The fourth-order valence-electron chi connectivity index (χ4n) is 3.28. The quantitative estimate of drug-likeness (QED) is 0.796. The standard InChI is InChI=1S/C22H26N2O2S/c1-17-7-5-6-14-24(17)21(25)16-27-15-18-10-12-19(13-11-18)22(26)23-20-8-3-2-4-9-20/h2-4,8-13,17H,5-7,14-16H2,1H3,(H,23,26)/t17-/m1/s1. The second kappa shape index (κ2) is 9.60. The molecule has 0 saturated carbocycles. The summed E-state index contributed by atoms with van der Waals surface area (Å²) in [7, 11) is 0. The van der Waals surface area contributed by atoms with E-state index in [4.69, 9.17) is 0 Å². The predicted octanol–water partition coefficient (Wildman–Crippen LogP) is 4.57. The Morgan fingerprint density at radius 1 is 1.07 bits per heavy atom. The summed E-state index contributed by atoms with van der Waals surface area (Å²) in [6, 6.07) is 17.4. The lowest BCUT2D eigenvalue weighted by molar-refractivity contribution is -0.131. The molecule has 1 saturated heterocycles. The van der Waals surface area contributed by atoms with Gasteiger partial charge in [-0.2, -0.15) is 0 Å². The molecule has 3 rings (SSSR count). The summed E-state index contributed by atoms with van der Waals surface area (Å²) in [5.41, 5.74) is 2.54. The zero-order chi connectivity index (χ0) is 19.1. The number of carbonyl (C=O) groups excluding carboxylic acids is 2. The van der Waals surface area contributed by atoms with E-state index in [-0.39, 0.29) is 11.8 Å². The Morgan fingerprint density at radius 2 is 1.81 bits per heavy atom. The van der Waals surface area contributed by atoms with E-state index in [1.807, 2.05) is 59.5 Å². The lowest BCUT2D eigenvalue weighted by Gasteiger charge is -2.33. The second-order valence-electron chi connectivity index (χ2n) is 6.94. The summed E-state index contributed by atoms with van der Waals surface area (Å²) in [6.07, 6.45) is 3.46. The molecule has 1 aliphatic rings. The van der Waals surface area contributed by atoms with E-state index in [1.54, 1.807) is 11.8 Å². The highest BCUT2D eigenvalue weighted by Gasteiger charge is 2.22. The molecular formula is C22H26N2O2S. The molecule has 0 unspecified atom stereocenters. The highest BCUT2D eigenvalue weighted by Crippen LogP contribution is 2.19. The van der Waals surface area contributed by atoms with Crippen molar-refractivity contribution < 1.29 is 9.59 Å². The Kier molecular flexibility index (Phi) is 6.93.